The summed E-state index contributed by atoms with van der Waals surface area (Å²) in [6.45, 7) is 17.3. The zero-order chi connectivity index (χ0) is 23.7. The summed E-state index contributed by atoms with van der Waals surface area (Å²) in [6.07, 6.45) is 1.30. The van der Waals surface area contributed by atoms with Crippen molar-refractivity contribution in [2.24, 2.45) is 10.9 Å². The van der Waals surface area contributed by atoms with Gasteiger partial charge in [-0.3, -0.25) is 4.99 Å². The molecule has 0 atom stereocenters. The number of carbonyl (C=O) groups excluding carboxylic acids is 2. The molecule has 0 aliphatic carbocycles. The summed E-state index contributed by atoms with van der Waals surface area (Å²) in [5.74, 6) is 1.26. The van der Waals surface area contributed by atoms with Gasteiger partial charge in [0.1, 0.15) is 11.2 Å². The topological polar surface area (TPSA) is 95.5 Å². The van der Waals surface area contributed by atoms with E-state index in [4.69, 9.17) is 9.47 Å². The van der Waals surface area contributed by atoms with Gasteiger partial charge in [-0.15, -0.1) is 0 Å². The Balaban J connectivity index is 2.39. The summed E-state index contributed by atoms with van der Waals surface area (Å²) in [6, 6.07) is 0. The van der Waals surface area contributed by atoms with Crippen LogP contribution >= 0.6 is 0 Å². The van der Waals surface area contributed by atoms with Crippen molar-refractivity contribution in [3.8, 4) is 0 Å². The molecule has 1 saturated heterocycles. The van der Waals surface area contributed by atoms with Gasteiger partial charge >= 0.3 is 12.2 Å². The van der Waals surface area contributed by atoms with E-state index in [-0.39, 0.29) is 6.09 Å². The number of carbonyl (C=O) groups is 2. The lowest BCUT2D eigenvalue weighted by Gasteiger charge is -2.36. The number of likely N-dealkylation sites (tertiary alicyclic amines) is 1. The molecule has 0 aromatic rings. The Morgan fingerprint density at radius 3 is 2.03 bits per heavy atom. The lowest BCUT2D eigenvalue weighted by atomic mass is 9.96. The first-order valence-electron chi connectivity index (χ1n) is 11.2. The Labute approximate surface area is 187 Å². The van der Waals surface area contributed by atoms with Crippen LogP contribution in [0.5, 0.6) is 0 Å². The average molecular weight is 442 g/mol. The molecule has 1 heterocycles. The molecule has 2 amide bonds. The fourth-order valence-corrected chi connectivity index (χ4v) is 3.28. The first-order chi connectivity index (χ1) is 14.3. The Morgan fingerprint density at radius 2 is 1.55 bits per heavy atom. The number of piperidine rings is 1. The first-order valence-corrected chi connectivity index (χ1v) is 11.2. The Bertz CT molecular complexity index is 602. The number of ether oxygens (including phenoxy) is 2. The highest BCUT2D eigenvalue weighted by Crippen LogP contribution is 2.20. The maximum absolute atomic E-state index is 12.4. The van der Waals surface area contributed by atoms with Gasteiger partial charge < -0.3 is 29.9 Å². The standard InChI is InChI=1S/C22H43N5O4/c1-9-26(20(29)31-22(5,6)7)16-17-10-14-27(15-11-17)18(23-8)24-12-13-25-19(28)30-21(2,3)4/h17H,9-16H2,1-8H3,(H,23,24)(H,25,28). The highest BCUT2D eigenvalue weighted by atomic mass is 16.6. The number of amides is 2. The number of aliphatic imine (C=N–C) groups is 1. The highest BCUT2D eigenvalue weighted by Gasteiger charge is 2.27. The molecule has 0 bridgehead atoms. The second-order valence-corrected chi connectivity index (χ2v) is 9.85. The number of alkyl carbamates (subject to hydrolysis) is 1. The normalized spacial score (nSPS) is 16.0. The van der Waals surface area contributed by atoms with E-state index in [0.29, 0.717) is 32.1 Å². The molecular weight excluding hydrogens is 398 g/mol. The summed E-state index contributed by atoms with van der Waals surface area (Å²) in [7, 11) is 1.76. The molecule has 180 valence electrons. The van der Waals surface area contributed by atoms with E-state index in [9.17, 15) is 9.59 Å². The van der Waals surface area contributed by atoms with Gasteiger partial charge in [0.15, 0.2) is 5.96 Å². The van der Waals surface area contributed by atoms with Crippen LogP contribution in [-0.2, 0) is 9.47 Å². The van der Waals surface area contributed by atoms with Gasteiger partial charge in [-0.2, -0.15) is 0 Å². The molecule has 0 aromatic heterocycles. The predicted octanol–water partition coefficient (Wildman–Crippen LogP) is 3.06. The SMILES string of the molecule is CCN(CC1CCN(C(=NC)NCCNC(=O)OC(C)(C)C)CC1)C(=O)OC(C)(C)C. The molecule has 0 aromatic carbocycles. The largest absolute Gasteiger partial charge is 0.444 e. The number of nitrogens with zero attached hydrogens (tertiary/aromatic N) is 3. The second-order valence-electron chi connectivity index (χ2n) is 9.85. The number of hydrogen-bond donors (Lipinski definition) is 2. The van der Waals surface area contributed by atoms with Crippen LogP contribution in [0.4, 0.5) is 9.59 Å². The van der Waals surface area contributed by atoms with E-state index in [0.717, 1.165) is 31.9 Å². The van der Waals surface area contributed by atoms with Gasteiger partial charge in [0.2, 0.25) is 0 Å². The summed E-state index contributed by atoms with van der Waals surface area (Å²) in [5.41, 5.74) is -0.987. The molecule has 0 spiro atoms. The third-order valence-corrected chi connectivity index (χ3v) is 4.71. The van der Waals surface area contributed by atoms with Gasteiger partial charge in [-0.05, 0) is 67.2 Å². The highest BCUT2D eigenvalue weighted by molar-refractivity contribution is 5.80. The van der Waals surface area contributed by atoms with Crippen molar-refractivity contribution in [2.75, 3.05) is 46.3 Å². The van der Waals surface area contributed by atoms with Crippen molar-refractivity contribution >= 4 is 18.1 Å². The minimum atomic E-state index is -0.505. The van der Waals surface area contributed by atoms with Crippen LogP contribution in [0.15, 0.2) is 4.99 Å². The number of guanidine groups is 1. The monoisotopic (exact) mass is 441 g/mol. The van der Waals surface area contributed by atoms with E-state index >= 15 is 0 Å². The molecule has 9 heteroatoms. The van der Waals surface area contributed by atoms with Crippen molar-refractivity contribution in [1.29, 1.82) is 0 Å². The minimum absolute atomic E-state index is 0.243. The van der Waals surface area contributed by atoms with Gasteiger partial charge in [-0.1, -0.05) is 0 Å². The number of rotatable bonds is 6. The van der Waals surface area contributed by atoms with Gasteiger partial charge in [0.05, 0.1) is 0 Å². The van der Waals surface area contributed by atoms with E-state index in [1.165, 1.54) is 0 Å². The van der Waals surface area contributed by atoms with Gasteiger partial charge in [0, 0.05) is 46.3 Å². The lowest BCUT2D eigenvalue weighted by molar-refractivity contribution is 0.0213. The molecular formula is C22H43N5O4. The van der Waals surface area contributed by atoms with Crippen LogP contribution in [0.2, 0.25) is 0 Å². The van der Waals surface area contributed by atoms with Crippen LogP contribution in [0.25, 0.3) is 0 Å². The van der Waals surface area contributed by atoms with Crippen LogP contribution in [0, 0.1) is 5.92 Å². The van der Waals surface area contributed by atoms with Crippen molar-refractivity contribution in [1.82, 2.24) is 20.4 Å². The number of hydrogen-bond acceptors (Lipinski definition) is 5. The van der Waals surface area contributed by atoms with Crippen molar-refractivity contribution in [3.05, 3.63) is 0 Å². The third-order valence-electron chi connectivity index (χ3n) is 4.71. The van der Waals surface area contributed by atoms with Crippen LogP contribution in [-0.4, -0.2) is 85.5 Å². The molecule has 9 nitrogen and oxygen atoms in total. The van der Waals surface area contributed by atoms with Crippen LogP contribution in [0.3, 0.4) is 0 Å². The van der Waals surface area contributed by atoms with Crippen molar-refractivity contribution < 1.29 is 19.1 Å². The quantitative estimate of drug-likeness (QED) is 0.374. The molecule has 0 unspecified atom stereocenters. The molecule has 1 rings (SSSR count). The zero-order valence-electron chi connectivity index (χ0n) is 20.7. The Hall–Kier alpha value is -2.19. The molecule has 2 N–H and O–H groups in total. The number of nitrogens with one attached hydrogen (secondary N) is 2. The molecule has 0 saturated carbocycles. The average Bonchev–Trinajstić information content (AvgIpc) is 2.64. The molecule has 1 aliphatic heterocycles. The fourth-order valence-electron chi connectivity index (χ4n) is 3.28. The maximum atomic E-state index is 12.4. The summed E-state index contributed by atoms with van der Waals surface area (Å²) < 4.78 is 10.7. The van der Waals surface area contributed by atoms with Gasteiger partial charge in [0.25, 0.3) is 0 Å². The molecule has 1 fully saturated rings. The fraction of sp³-hybridized carbons (Fsp3) is 0.864. The van der Waals surface area contributed by atoms with Crippen LogP contribution < -0.4 is 10.6 Å². The zero-order valence-corrected chi connectivity index (χ0v) is 20.7. The maximum Gasteiger partial charge on any atom is 0.410 e. The summed E-state index contributed by atoms with van der Waals surface area (Å²) in [5, 5.41) is 6.03. The molecule has 1 aliphatic rings. The minimum Gasteiger partial charge on any atom is -0.444 e. The lowest BCUT2D eigenvalue weighted by Crippen LogP contribution is -2.49. The van der Waals surface area contributed by atoms with E-state index < -0.39 is 17.3 Å². The van der Waals surface area contributed by atoms with E-state index in [1.807, 2.05) is 48.5 Å². The molecule has 0 radical (unpaired) electrons. The molecule has 31 heavy (non-hydrogen) atoms. The second kappa shape index (κ2) is 12.0. The first kappa shape index (κ1) is 26.8. The smallest absolute Gasteiger partial charge is 0.410 e. The predicted molar refractivity (Wildman–Crippen MR) is 123 cm³/mol. The third kappa shape index (κ3) is 11.1. The van der Waals surface area contributed by atoms with Crippen LogP contribution in [0.1, 0.15) is 61.3 Å². The van der Waals surface area contributed by atoms with Gasteiger partial charge in [-0.25, -0.2) is 9.59 Å². The van der Waals surface area contributed by atoms with Crippen molar-refractivity contribution in [2.45, 2.75) is 72.5 Å². The summed E-state index contributed by atoms with van der Waals surface area (Å²) >= 11 is 0. The Morgan fingerprint density at radius 1 is 1.00 bits per heavy atom. The Kier molecular flexibility index (Phi) is 10.4. The van der Waals surface area contributed by atoms with E-state index in [1.54, 1.807) is 11.9 Å². The summed E-state index contributed by atoms with van der Waals surface area (Å²) in [4.78, 5) is 32.5. The van der Waals surface area contributed by atoms with Crippen molar-refractivity contribution in [3.63, 3.8) is 0 Å². The van der Waals surface area contributed by atoms with E-state index in [2.05, 4.69) is 20.5 Å².